The molecule has 3 heterocycles. The summed E-state index contributed by atoms with van der Waals surface area (Å²) in [6, 6.07) is 0.585. The van der Waals surface area contributed by atoms with Crippen LogP contribution in [0.5, 0.6) is 0 Å². The first-order chi connectivity index (χ1) is 11.0. The number of amides is 1. The predicted octanol–water partition coefficient (Wildman–Crippen LogP) is -0.985. The van der Waals surface area contributed by atoms with Crippen LogP contribution in [0.2, 0.25) is 0 Å². The third-order valence-electron chi connectivity index (χ3n) is 5.31. The van der Waals surface area contributed by atoms with Gasteiger partial charge in [0.15, 0.2) is 5.76 Å². The minimum absolute atomic E-state index is 0.0115. The van der Waals surface area contributed by atoms with Crippen molar-refractivity contribution in [3.8, 4) is 0 Å². The number of ether oxygens (including phenoxy) is 2. The maximum absolute atomic E-state index is 12.7. The molecule has 0 radical (unpaired) electrons. The fourth-order valence-electron chi connectivity index (χ4n) is 4.28. The summed E-state index contributed by atoms with van der Waals surface area (Å²) in [5.41, 5.74) is 5.89. The van der Waals surface area contributed by atoms with Gasteiger partial charge in [-0.25, -0.2) is 4.79 Å². The molecule has 2 N–H and O–H groups in total. The molecule has 3 aliphatic heterocycles. The van der Waals surface area contributed by atoms with Gasteiger partial charge in [0.2, 0.25) is 11.6 Å². The lowest BCUT2D eigenvalue weighted by Crippen LogP contribution is -2.40. The van der Waals surface area contributed by atoms with Crippen molar-refractivity contribution in [3.63, 3.8) is 0 Å². The number of hydrogen-bond acceptors (Lipinski definition) is 7. The molecule has 1 amide bonds. The van der Waals surface area contributed by atoms with Crippen LogP contribution in [0.1, 0.15) is 0 Å². The minimum Gasteiger partial charge on any atom is -0.493 e. The summed E-state index contributed by atoms with van der Waals surface area (Å²) >= 11 is 0. The lowest BCUT2D eigenvalue weighted by atomic mass is 9.87. The highest BCUT2D eigenvalue weighted by Crippen LogP contribution is 2.51. The van der Waals surface area contributed by atoms with Gasteiger partial charge in [-0.1, -0.05) is 0 Å². The maximum atomic E-state index is 12.7. The number of carbonyl (C=O) groups is 3. The average Bonchev–Trinajstić information content (AvgIpc) is 2.87. The van der Waals surface area contributed by atoms with Crippen molar-refractivity contribution in [2.75, 3.05) is 27.3 Å². The lowest BCUT2D eigenvalue weighted by Gasteiger charge is -2.28. The molecule has 122 valence electrons. The van der Waals surface area contributed by atoms with E-state index in [1.165, 1.54) is 13.2 Å². The van der Waals surface area contributed by atoms with Crippen LogP contribution in [-0.4, -0.2) is 72.9 Å². The summed E-state index contributed by atoms with van der Waals surface area (Å²) in [4.78, 5) is 40.3. The SMILES string of the molecule is COC1=CC(=O)C2=C(C1=O)C(COC(N)=O)C1C3C(CN21)N3C. The summed E-state index contributed by atoms with van der Waals surface area (Å²) in [5.74, 6) is -0.881. The van der Waals surface area contributed by atoms with Gasteiger partial charge < -0.3 is 20.1 Å². The Morgan fingerprint density at radius 2 is 2.13 bits per heavy atom. The van der Waals surface area contributed by atoms with Gasteiger partial charge in [-0.3, -0.25) is 14.5 Å². The number of fused-ring (bicyclic) bond motifs is 4. The van der Waals surface area contributed by atoms with Crippen molar-refractivity contribution in [1.29, 1.82) is 0 Å². The van der Waals surface area contributed by atoms with E-state index in [0.29, 0.717) is 23.9 Å². The van der Waals surface area contributed by atoms with Crippen LogP contribution in [0, 0.1) is 5.92 Å². The first-order valence-electron chi connectivity index (χ1n) is 7.45. The Morgan fingerprint density at radius 1 is 1.39 bits per heavy atom. The van der Waals surface area contributed by atoms with E-state index < -0.39 is 6.09 Å². The molecule has 1 aliphatic carbocycles. The van der Waals surface area contributed by atoms with Crippen molar-refractivity contribution in [2.24, 2.45) is 11.7 Å². The fourth-order valence-corrected chi connectivity index (χ4v) is 4.28. The van der Waals surface area contributed by atoms with Crippen molar-refractivity contribution in [3.05, 3.63) is 23.1 Å². The normalized spacial score (nSPS) is 37.2. The van der Waals surface area contributed by atoms with E-state index in [2.05, 4.69) is 4.90 Å². The second-order valence-corrected chi connectivity index (χ2v) is 6.27. The van der Waals surface area contributed by atoms with E-state index in [1.807, 2.05) is 11.9 Å². The topological polar surface area (TPSA) is 102 Å². The van der Waals surface area contributed by atoms with Crippen LogP contribution in [-0.2, 0) is 19.1 Å². The maximum Gasteiger partial charge on any atom is 0.404 e. The summed E-state index contributed by atoms with van der Waals surface area (Å²) in [6.45, 7) is 0.690. The smallest absolute Gasteiger partial charge is 0.404 e. The number of Topliss-reactive ketones (excluding diaryl/α,β-unsaturated/α-hetero) is 1. The number of allylic oxidation sites excluding steroid dienone is 2. The second kappa shape index (κ2) is 4.58. The van der Waals surface area contributed by atoms with Gasteiger partial charge in [0.25, 0.3) is 0 Å². The van der Waals surface area contributed by atoms with Gasteiger partial charge >= 0.3 is 6.09 Å². The van der Waals surface area contributed by atoms with Crippen LogP contribution in [0.15, 0.2) is 23.1 Å². The van der Waals surface area contributed by atoms with Crippen molar-refractivity contribution in [2.45, 2.75) is 18.1 Å². The molecule has 0 aromatic rings. The molecule has 0 aromatic carbocycles. The quantitative estimate of drug-likeness (QED) is 0.526. The zero-order valence-corrected chi connectivity index (χ0v) is 12.8. The Morgan fingerprint density at radius 3 is 2.78 bits per heavy atom. The highest BCUT2D eigenvalue weighted by Gasteiger charge is 2.65. The predicted molar refractivity (Wildman–Crippen MR) is 77.0 cm³/mol. The molecule has 0 saturated carbocycles. The standard InChI is InChI=1S/C15H17N3O5/c1-17-7-4-18-11(12(7)17)6(5-23-15(16)21)10-13(18)8(19)3-9(22-2)14(10)20/h3,6-7,11-12H,4-5H2,1-2H3,(H2,16,21). The molecular weight excluding hydrogens is 302 g/mol. The number of ketones is 2. The van der Waals surface area contributed by atoms with E-state index in [-0.39, 0.29) is 41.9 Å². The van der Waals surface area contributed by atoms with Crippen molar-refractivity contribution in [1.82, 2.24) is 9.80 Å². The summed E-state index contributed by atoms with van der Waals surface area (Å²) in [7, 11) is 3.37. The fraction of sp³-hybridized carbons (Fsp3) is 0.533. The molecule has 2 saturated heterocycles. The molecule has 5 unspecified atom stereocenters. The highest BCUT2D eigenvalue weighted by atomic mass is 16.5. The van der Waals surface area contributed by atoms with Gasteiger partial charge in [-0.2, -0.15) is 0 Å². The molecule has 0 aromatic heterocycles. The van der Waals surface area contributed by atoms with E-state index in [9.17, 15) is 14.4 Å². The van der Waals surface area contributed by atoms with Crippen LogP contribution < -0.4 is 5.73 Å². The molecule has 8 nitrogen and oxygen atoms in total. The summed E-state index contributed by atoms with van der Waals surface area (Å²) in [5, 5.41) is 0. The van der Waals surface area contributed by atoms with Crippen LogP contribution in [0.25, 0.3) is 0 Å². The molecular formula is C15H17N3O5. The molecule has 0 bridgehead atoms. The number of primary amides is 1. The highest BCUT2D eigenvalue weighted by molar-refractivity contribution is 6.22. The van der Waals surface area contributed by atoms with E-state index in [0.717, 1.165) is 0 Å². The van der Waals surface area contributed by atoms with Gasteiger partial charge in [-0.15, -0.1) is 0 Å². The lowest BCUT2D eigenvalue weighted by molar-refractivity contribution is -0.118. The van der Waals surface area contributed by atoms with E-state index in [1.54, 1.807) is 0 Å². The van der Waals surface area contributed by atoms with Crippen LogP contribution >= 0.6 is 0 Å². The molecule has 23 heavy (non-hydrogen) atoms. The Hall–Kier alpha value is -2.35. The largest absolute Gasteiger partial charge is 0.493 e. The van der Waals surface area contributed by atoms with Gasteiger partial charge in [0.1, 0.15) is 6.61 Å². The molecule has 0 spiro atoms. The van der Waals surface area contributed by atoms with E-state index >= 15 is 0 Å². The first-order valence-corrected chi connectivity index (χ1v) is 7.45. The number of nitrogens with zero attached hydrogens (tertiary/aromatic N) is 2. The second-order valence-electron chi connectivity index (χ2n) is 6.27. The first kappa shape index (κ1) is 14.3. The van der Waals surface area contributed by atoms with Crippen LogP contribution in [0.4, 0.5) is 4.79 Å². The molecule has 8 heteroatoms. The number of nitrogens with two attached hydrogens (primary N) is 1. The Labute approximate surface area is 132 Å². The monoisotopic (exact) mass is 319 g/mol. The third kappa shape index (κ3) is 1.78. The number of hydrogen-bond donors (Lipinski definition) is 1. The summed E-state index contributed by atoms with van der Waals surface area (Å²) in [6.07, 6.45) is 0.352. The molecule has 2 fully saturated rings. The molecule has 4 aliphatic rings. The Balaban J connectivity index is 1.73. The molecule has 4 rings (SSSR count). The summed E-state index contributed by atoms with van der Waals surface area (Å²) < 4.78 is 10.0. The number of carbonyl (C=O) groups excluding carboxylic acids is 3. The zero-order chi connectivity index (χ0) is 16.5. The van der Waals surface area contributed by atoms with Crippen molar-refractivity contribution >= 4 is 17.7 Å². The Bertz CT molecular complexity index is 697. The van der Waals surface area contributed by atoms with Gasteiger partial charge in [0, 0.05) is 36.2 Å². The molecule has 5 atom stereocenters. The average molecular weight is 319 g/mol. The van der Waals surface area contributed by atoms with E-state index in [4.69, 9.17) is 15.2 Å². The zero-order valence-electron chi connectivity index (χ0n) is 12.8. The van der Waals surface area contributed by atoms with Crippen LogP contribution in [0.3, 0.4) is 0 Å². The van der Waals surface area contributed by atoms with Crippen molar-refractivity contribution < 1.29 is 23.9 Å². The number of piperazine rings is 1. The van der Waals surface area contributed by atoms with Gasteiger partial charge in [-0.05, 0) is 7.05 Å². The number of rotatable bonds is 3. The number of likely N-dealkylation sites (N-methyl/N-ethyl adjacent to an activating group) is 1. The van der Waals surface area contributed by atoms with Gasteiger partial charge in [0.05, 0.1) is 18.8 Å². The Kier molecular flexibility index (Phi) is 2.84. The number of methoxy groups -OCH3 is 1. The third-order valence-corrected chi connectivity index (χ3v) is 5.31. The minimum atomic E-state index is -0.888.